The molecule has 0 heterocycles. The Balaban J connectivity index is 3.71. The van der Waals surface area contributed by atoms with Crippen LogP contribution in [0.2, 0.25) is 0 Å². The highest BCUT2D eigenvalue weighted by atomic mass is 31.1. The number of rotatable bonds is 12. The molecule has 0 bridgehead atoms. The van der Waals surface area contributed by atoms with Crippen LogP contribution < -0.4 is 0 Å². The molecule has 0 saturated heterocycles. The minimum absolute atomic E-state index is 0.0960. The van der Waals surface area contributed by atoms with Crippen LogP contribution in [0.4, 0.5) is 0 Å². The van der Waals surface area contributed by atoms with Crippen LogP contribution >= 0.6 is 8.25 Å². The van der Waals surface area contributed by atoms with E-state index in [0.717, 1.165) is 25.7 Å². The molecule has 0 rings (SSSR count). The van der Waals surface area contributed by atoms with E-state index in [0.29, 0.717) is 0 Å². The number of hydrogen-bond donors (Lipinski definition) is 0. The lowest BCUT2D eigenvalue weighted by Crippen LogP contribution is -2.06. The second kappa shape index (κ2) is 12.0. The molecule has 0 aromatic rings. The van der Waals surface area contributed by atoms with E-state index < -0.39 is 8.25 Å². The molecule has 24 heavy (non-hydrogen) atoms. The quantitative estimate of drug-likeness (QED) is 0.259. The van der Waals surface area contributed by atoms with Crippen molar-refractivity contribution in [2.75, 3.05) is 13.2 Å². The van der Waals surface area contributed by atoms with Crippen molar-refractivity contribution in [1.82, 2.24) is 0 Å². The van der Waals surface area contributed by atoms with E-state index in [9.17, 15) is 4.57 Å². The summed E-state index contributed by atoms with van der Waals surface area (Å²) in [4.78, 5) is 0. The molecule has 132 valence electrons. The summed E-state index contributed by atoms with van der Waals surface area (Å²) in [5.74, 6) is 5.50. The lowest BCUT2D eigenvalue weighted by atomic mass is 9.89. The third-order valence-corrected chi connectivity index (χ3v) is 4.26. The minimum atomic E-state index is -2.09. The predicted octanol–water partition coefficient (Wildman–Crippen LogP) is 5.67. The summed E-state index contributed by atoms with van der Waals surface area (Å²) >= 11 is 0. The van der Waals surface area contributed by atoms with Gasteiger partial charge in [0, 0.05) is 15.4 Å². The highest BCUT2D eigenvalue weighted by Crippen LogP contribution is 2.24. The average Bonchev–Trinajstić information content (AvgIpc) is 2.54. The van der Waals surface area contributed by atoms with Crippen LogP contribution in [-0.4, -0.2) is 13.2 Å². The van der Waals surface area contributed by atoms with E-state index in [1.807, 2.05) is 52.0 Å². The molecule has 0 unspecified atom stereocenters. The molecular formula is C20H30O3P+. The van der Waals surface area contributed by atoms with E-state index in [1.54, 1.807) is 0 Å². The van der Waals surface area contributed by atoms with Gasteiger partial charge in [0.15, 0.2) is 0 Å². The number of terminal acetylenes is 2. The first-order chi connectivity index (χ1) is 11.2. The second-order valence-electron chi connectivity index (χ2n) is 6.89. The Morgan fingerprint density at radius 1 is 0.833 bits per heavy atom. The number of allylic oxidation sites excluding steroid dienone is 2. The highest BCUT2D eigenvalue weighted by molar-refractivity contribution is 7.33. The fraction of sp³-hybridized carbons (Fsp3) is 0.600. The Hall–Kier alpha value is -1.38. The van der Waals surface area contributed by atoms with Gasteiger partial charge in [-0.25, -0.2) is 0 Å². The van der Waals surface area contributed by atoms with Gasteiger partial charge in [0.05, 0.1) is 0 Å². The summed E-state index contributed by atoms with van der Waals surface area (Å²) in [5, 5.41) is 0. The topological polar surface area (TPSA) is 35.5 Å². The molecule has 0 fully saturated rings. The van der Waals surface area contributed by atoms with Crippen LogP contribution in [0.25, 0.3) is 0 Å². The molecule has 0 N–H and O–H groups in total. The van der Waals surface area contributed by atoms with Crippen molar-refractivity contribution in [2.24, 2.45) is 10.8 Å². The van der Waals surface area contributed by atoms with E-state index in [1.165, 1.54) is 0 Å². The zero-order valence-electron chi connectivity index (χ0n) is 15.4. The highest BCUT2D eigenvalue weighted by Gasteiger charge is 2.18. The smallest absolute Gasteiger partial charge is 0.120 e. The van der Waals surface area contributed by atoms with Gasteiger partial charge in [0.1, 0.15) is 13.2 Å². The molecule has 0 aliphatic rings. The summed E-state index contributed by atoms with van der Waals surface area (Å²) in [5.41, 5.74) is -0.192. The van der Waals surface area contributed by atoms with E-state index >= 15 is 0 Å². The van der Waals surface area contributed by atoms with Gasteiger partial charge < -0.3 is 0 Å². The van der Waals surface area contributed by atoms with Crippen LogP contribution in [0.1, 0.15) is 53.4 Å². The molecule has 0 aromatic carbocycles. The molecule has 0 saturated carbocycles. The van der Waals surface area contributed by atoms with Gasteiger partial charge in [0.25, 0.3) is 0 Å². The lowest BCUT2D eigenvalue weighted by molar-refractivity contribution is 0.260. The Kier molecular flexibility index (Phi) is 11.4. The fourth-order valence-electron chi connectivity index (χ4n) is 1.65. The molecule has 0 radical (unpaired) electrons. The summed E-state index contributed by atoms with van der Waals surface area (Å²) < 4.78 is 21.7. The Morgan fingerprint density at radius 3 is 1.54 bits per heavy atom. The molecule has 0 aliphatic carbocycles. The van der Waals surface area contributed by atoms with Crippen LogP contribution in [0, 0.1) is 35.5 Å². The molecule has 0 amide bonds. The van der Waals surface area contributed by atoms with Gasteiger partial charge in [-0.05, 0) is 53.4 Å². The van der Waals surface area contributed by atoms with Crippen molar-refractivity contribution < 1.29 is 13.6 Å². The van der Waals surface area contributed by atoms with E-state index in [4.69, 9.17) is 21.9 Å². The summed E-state index contributed by atoms with van der Waals surface area (Å²) in [6, 6.07) is 0. The first-order valence-corrected chi connectivity index (χ1v) is 9.30. The Bertz CT molecular complexity index is 470. The monoisotopic (exact) mass is 349 g/mol. The standard InChI is InChI=1S/C20H30O3P/c1-7-19(3,4)15-11-9-13-17-22-24(21)23-18-14-10-12-16-20(5,6)8-2/h1-2,9-10,13-14H,11-12,15-18H2,3-6H3/q+1. The lowest BCUT2D eigenvalue weighted by Gasteiger charge is -2.14. The van der Waals surface area contributed by atoms with Crippen LogP contribution in [-0.2, 0) is 13.6 Å². The van der Waals surface area contributed by atoms with Gasteiger partial charge in [-0.2, -0.15) is 0 Å². The predicted molar refractivity (Wildman–Crippen MR) is 101 cm³/mol. The van der Waals surface area contributed by atoms with E-state index in [-0.39, 0.29) is 24.0 Å². The van der Waals surface area contributed by atoms with Crippen LogP contribution in [0.3, 0.4) is 0 Å². The summed E-state index contributed by atoms with van der Waals surface area (Å²) in [6.45, 7) is 8.66. The van der Waals surface area contributed by atoms with Crippen molar-refractivity contribution in [3.63, 3.8) is 0 Å². The van der Waals surface area contributed by atoms with Crippen molar-refractivity contribution in [1.29, 1.82) is 0 Å². The molecule has 4 heteroatoms. The third kappa shape index (κ3) is 13.1. The molecule has 0 aromatic heterocycles. The van der Waals surface area contributed by atoms with Gasteiger partial charge in [-0.3, -0.25) is 0 Å². The van der Waals surface area contributed by atoms with Crippen molar-refractivity contribution >= 4 is 8.25 Å². The molecule has 0 spiro atoms. The van der Waals surface area contributed by atoms with Gasteiger partial charge in [-0.15, -0.1) is 33.7 Å². The Morgan fingerprint density at radius 2 is 1.21 bits per heavy atom. The Labute approximate surface area is 148 Å². The average molecular weight is 349 g/mol. The molecule has 0 atom stereocenters. The van der Waals surface area contributed by atoms with Crippen molar-refractivity contribution in [3.05, 3.63) is 24.3 Å². The van der Waals surface area contributed by atoms with Gasteiger partial charge in [-0.1, -0.05) is 24.3 Å². The normalized spacial score (nSPS) is 13.2. The van der Waals surface area contributed by atoms with Crippen molar-refractivity contribution in [2.45, 2.75) is 53.4 Å². The van der Waals surface area contributed by atoms with E-state index in [2.05, 4.69) is 11.8 Å². The third-order valence-electron chi connectivity index (χ3n) is 3.54. The molecule has 0 aliphatic heterocycles. The maximum absolute atomic E-state index is 11.5. The van der Waals surface area contributed by atoms with Gasteiger partial charge >= 0.3 is 8.25 Å². The largest absolute Gasteiger partial charge is 0.698 e. The summed E-state index contributed by atoms with van der Waals surface area (Å²) in [6.07, 6.45) is 22.0. The molecular weight excluding hydrogens is 319 g/mol. The first kappa shape index (κ1) is 22.6. The minimum Gasteiger partial charge on any atom is -0.120 e. The molecule has 3 nitrogen and oxygen atoms in total. The maximum Gasteiger partial charge on any atom is 0.698 e. The summed E-state index contributed by atoms with van der Waals surface area (Å²) in [7, 11) is -2.09. The second-order valence-corrected chi connectivity index (χ2v) is 7.86. The fourth-order valence-corrected chi connectivity index (χ4v) is 2.14. The zero-order valence-corrected chi connectivity index (χ0v) is 16.3. The zero-order chi connectivity index (χ0) is 18.5. The van der Waals surface area contributed by atoms with Gasteiger partial charge in [0.2, 0.25) is 0 Å². The van der Waals surface area contributed by atoms with Crippen LogP contribution in [0.15, 0.2) is 24.3 Å². The first-order valence-electron chi connectivity index (χ1n) is 8.21. The number of hydrogen-bond acceptors (Lipinski definition) is 3. The van der Waals surface area contributed by atoms with Crippen molar-refractivity contribution in [3.8, 4) is 24.7 Å². The van der Waals surface area contributed by atoms with Crippen LogP contribution in [0.5, 0.6) is 0 Å². The SMILES string of the molecule is C#CC(C)(C)CCC=CCO[P+](=O)OCC=CCCC(C)(C)C#C. The maximum atomic E-state index is 11.5.